The molecular formula is C15H26N2O3. The number of benzene rings is 1. The van der Waals surface area contributed by atoms with Gasteiger partial charge >= 0.3 is 5.97 Å². The number of nitrogens with two attached hydrogens (primary N) is 1. The Bertz CT molecular complexity index is 355. The fourth-order valence-electron chi connectivity index (χ4n) is 1.67. The second kappa shape index (κ2) is 11.4. The van der Waals surface area contributed by atoms with Gasteiger partial charge in [-0.1, -0.05) is 44.2 Å². The molecule has 5 N–H and O–H groups in total. The number of hydrogen-bond acceptors (Lipinski definition) is 4. The van der Waals surface area contributed by atoms with Crippen LogP contribution in [0.4, 0.5) is 0 Å². The van der Waals surface area contributed by atoms with Crippen molar-refractivity contribution in [2.45, 2.75) is 26.3 Å². The molecule has 20 heavy (non-hydrogen) atoms. The summed E-state index contributed by atoms with van der Waals surface area (Å²) in [7, 11) is 0. The first-order valence-corrected chi connectivity index (χ1v) is 6.90. The second-order valence-corrected chi connectivity index (χ2v) is 4.45. The van der Waals surface area contributed by atoms with Crippen LogP contribution in [0, 0.1) is 5.92 Å². The average Bonchev–Trinajstić information content (AvgIpc) is 2.46. The highest BCUT2D eigenvalue weighted by Crippen LogP contribution is 2.11. The summed E-state index contributed by atoms with van der Waals surface area (Å²) in [5, 5.41) is 20.9. The van der Waals surface area contributed by atoms with E-state index in [1.807, 2.05) is 30.3 Å². The van der Waals surface area contributed by atoms with Crippen LogP contribution in [0.3, 0.4) is 0 Å². The van der Waals surface area contributed by atoms with E-state index in [2.05, 4.69) is 19.2 Å². The van der Waals surface area contributed by atoms with Crippen LogP contribution in [-0.2, 0) is 11.2 Å². The van der Waals surface area contributed by atoms with Crippen molar-refractivity contribution in [3.05, 3.63) is 35.9 Å². The molecule has 0 amide bonds. The first-order valence-electron chi connectivity index (χ1n) is 6.90. The molecule has 0 aromatic heterocycles. The summed E-state index contributed by atoms with van der Waals surface area (Å²) in [5.41, 5.74) is 6.44. The van der Waals surface area contributed by atoms with E-state index in [1.54, 1.807) is 0 Å². The van der Waals surface area contributed by atoms with Crippen molar-refractivity contribution in [2.24, 2.45) is 11.7 Å². The molecule has 0 aliphatic carbocycles. The molecule has 114 valence electrons. The molecule has 0 spiro atoms. The van der Waals surface area contributed by atoms with Gasteiger partial charge in [0.2, 0.25) is 0 Å². The van der Waals surface area contributed by atoms with Crippen LogP contribution in [0.25, 0.3) is 0 Å². The molecule has 0 saturated carbocycles. The topological polar surface area (TPSA) is 95.6 Å². The number of carbonyl (C=O) groups is 1. The molecule has 1 aromatic rings. The zero-order valence-corrected chi connectivity index (χ0v) is 12.2. The van der Waals surface area contributed by atoms with Gasteiger partial charge in [-0.3, -0.25) is 4.79 Å². The molecule has 0 aliphatic heterocycles. The molecule has 0 fully saturated rings. The molecular weight excluding hydrogens is 256 g/mol. The summed E-state index contributed by atoms with van der Waals surface area (Å²) in [6, 6.07) is 8.38. The first-order chi connectivity index (χ1) is 9.56. The normalized spacial score (nSPS) is 13.0. The van der Waals surface area contributed by atoms with E-state index in [-0.39, 0.29) is 6.61 Å². The molecule has 0 aliphatic rings. The molecule has 5 heteroatoms. The molecule has 0 saturated heterocycles. The maximum atomic E-state index is 10.7. The highest BCUT2D eigenvalue weighted by atomic mass is 16.4. The minimum atomic E-state index is -1.08. The maximum absolute atomic E-state index is 10.7. The molecule has 1 aromatic carbocycles. The number of hydrogen-bond donors (Lipinski definition) is 4. The summed E-state index contributed by atoms with van der Waals surface area (Å²) < 4.78 is 0. The van der Waals surface area contributed by atoms with Crippen LogP contribution in [-0.4, -0.2) is 41.9 Å². The summed E-state index contributed by atoms with van der Waals surface area (Å²) in [6.07, 6.45) is 0.477. The van der Waals surface area contributed by atoms with Gasteiger partial charge in [0.25, 0.3) is 0 Å². The van der Waals surface area contributed by atoms with Crippen molar-refractivity contribution < 1.29 is 15.0 Å². The predicted octanol–water partition coefficient (Wildman–Crippen LogP) is 0.865. The third kappa shape index (κ3) is 7.89. The molecule has 1 rings (SSSR count). The maximum Gasteiger partial charge on any atom is 0.320 e. The van der Waals surface area contributed by atoms with Crippen molar-refractivity contribution in [3.8, 4) is 0 Å². The van der Waals surface area contributed by atoms with Crippen molar-refractivity contribution >= 4 is 5.97 Å². The fourth-order valence-corrected chi connectivity index (χ4v) is 1.67. The molecule has 5 nitrogen and oxygen atoms in total. The predicted molar refractivity (Wildman–Crippen MR) is 80.6 cm³/mol. The summed E-state index contributed by atoms with van der Waals surface area (Å²) >= 11 is 0. The van der Waals surface area contributed by atoms with Crippen molar-refractivity contribution in [1.29, 1.82) is 0 Å². The lowest BCUT2D eigenvalue weighted by atomic mass is 9.93. The Labute approximate surface area is 120 Å². The largest absolute Gasteiger partial charge is 0.480 e. The van der Waals surface area contributed by atoms with Gasteiger partial charge in [-0.05, 0) is 25.1 Å². The van der Waals surface area contributed by atoms with E-state index in [0.717, 1.165) is 18.7 Å². The van der Waals surface area contributed by atoms with Crippen LogP contribution < -0.4 is 11.1 Å². The number of nitrogens with one attached hydrogen (secondary N) is 1. The summed E-state index contributed by atoms with van der Waals surface area (Å²) in [6.45, 7) is 6.17. The Morgan fingerprint density at radius 2 is 1.80 bits per heavy atom. The van der Waals surface area contributed by atoms with E-state index in [9.17, 15) is 4.79 Å². The summed E-state index contributed by atoms with van der Waals surface area (Å²) in [5.74, 6) is -1.52. The highest BCUT2D eigenvalue weighted by Gasteiger charge is 2.23. The minimum Gasteiger partial charge on any atom is -0.480 e. The Kier molecular flexibility index (Phi) is 10.6. The van der Waals surface area contributed by atoms with Gasteiger partial charge in [0.1, 0.15) is 6.04 Å². The van der Waals surface area contributed by atoms with Gasteiger partial charge in [0.15, 0.2) is 0 Å². The quantitative estimate of drug-likeness (QED) is 0.595. The van der Waals surface area contributed by atoms with Crippen molar-refractivity contribution in [3.63, 3.8) is 0 Å². The number of carboxylic acid groups (broad SMARTS) is 1. The first kappa shape index (κ1) is 18.6. The molecule has 0 heterocycles. The van der Waals surface area contributed by atoms with Crippen LogP contribution >= 0.6 is 0 Å². The Morgan fingerprint density at radius 3 is 2.15 bits per heavy atom. The fraction of sp³-hybridized carbons (Fsp3) is 0.533. The standard InChI is InChI=1S/C11H15NO3.C4H11N/c12-10(11(14)15)9(7-13)6-8-4-2-1-3-5-8;1-3-5-4-2/h1-5,9-10,13H,6-7,12H2,(H,14,15);5H,3-4H2,1-2H3/t9?,10-;/m0./s1. The minimum absolute atomic E-state index is 0.220. The zero-order valence-electron chi connectivity index (χ0n) is 12.2. The smallest absolute Gasteiger partial charge is 0.320 e. The van der Waals surface area contributed by atoms with Gasteiger partial charge in [-0.2, -0.15) is 0 Å². The van der Waals surface area contributed by atoms with Crippen molar-refractivity contribution in [1.82, 2.24) is 5.32 Å². The molecule has 2 atom stereocenters. The number of carboxylic acids is 1. The highest BCUT2D eigenvalue weighted by molar-refractivity contribution is 5.73. The SMILES string of the molecule is CCNCC.N[C@H](C(=O)O)C(CO)Cc1ccccc1. The van der Waals surface area contributed by atoms with Crippen LogP contribution in [0.2, 0.25) is 0 Å². The van der Waals surface area contributed by atoms with Gasteiger partial charge in [-0.25, -0.2) is 0 Å². The second-order valence-electron chi connectivity index (χ2n) is 4.45. The number of aliphatic carboxylic acids is 1. The van der Waals surface area contributed by atoms with Crippen LogP contribution in [0.5, 0.6) is 0 Å². The Morgan fingerprint density at radius 1 is 1.25 bits per heavy atom. The Balaban J connectivity index is 0.000000621. The third-order valence-corrected chi connectivity index (χ3v) is 2.87. The van der Waals surface area contributed by atoms with E-state index < -0.39 is 17.9 Å². The lowest BCUT2D eigenvalue weighted by Crippen LogP contribution is -2.40. The van der Waals surface area contributed by atoms with Crippen LogP contribution in [0.15, 0.2) is 30.3 Å². The number of aliphatic hydroxyl groups is 1. The van der Waals surface area contributed by atoms with E-state index in [0.29, 0.717) is 6.42 Å². The lowest BCUT2D eigenvalue weighted by molar-refractivity contribution is -0.140. The summed E-state index contributed by atoms with van der Waals surface area (Å²) in [4.78, 5) is 10.7. The lowest BCUT2D eigenvalue weighted by Gasteiger charge is -2.18. The van der Waals surface area contributed by atoms with Gasteiger partial charge in [0, 0.05) is 12.5 Å². The molecule has 1 unspecified atom stereocenters. The van der Waals surface area contributed by atoms with E-state index in [1.165, 1.54) is 0 Å². The van der Waals surface area contributed by atoms with Gasteiger partial charge in [-0.15, -0.1) is 0 Å². The van der Waals surface area contributed by atoms with E-state index in [4.69, 9.17) is 15.9 Å². The average molecular weight is 282 g/mol. The van der Waals surface area contributed by atoms with E-state index >= 15 is 0 Å². The molecule has 0 radical (unpaired) electrons. The number of rotatable bonds is 7. The number of aliphatic hydroxyl groups excluding tert-OH is 1. The van der Waals surface area contributed by atoms with Gasteiger partial charge in [0.05, 0.1) is 0 Å². The molecule has 0 bridgehead atoms. The zero-order chi connectivity index (χ0) is 15.4. The van der Waals surface area contributed by atoms with Gasteiger partial charge < -0.3 is 21.3 Å². The third-order valence-electron chi connectivity index (χ3n) is 2.87. The van der Waals surface area contributed by atoms with Crippen LogP contribution in [0.1, 0.15) is 19.4 Å². The Hall–Kier alpha value is -1.43. The monoisotopic (exact) mass is 282 g/mol. The van der Waals surface area contributed by atoms with Crippen molar-refractivity contribution in [2.75, 3.05) is 19.7 Å².